The van der Waals surface area contributed by atoms with Crippen LogP contribution in [0.25, 0.3) is 0 Å². The molecule has 2 saturated heterocycles. The molecule has 2 aromatic carbocycles. The van der Waals surface area contributed by atoms with E-state index in [0.29, 0.717) is 6.54 Å². The minimum Gasteiger partial charge on any atom is -0.326 e. The van der Waals surface area contributed by atoms with E-state index in [1.54, 1.807) is 11.8 Å². The van der Waals surface area contributed by atoms with Gasteiger partial charge in [0.25, 0.3) is 0 Å². The molecule has 33 heavy (non-hydrogen) atoms. The molecule has 2 amide bonds. The molecule has 2 unspecified atom stereocenters. The average molecular weight is 483 g/mol. The lowest BCUT2D eigenvalue weighted by atomic mass is 10.0. The van der Waals surface area contributed by atoms with Gasteiger partial charge in [0.1, 0.15) is 5.25 Å². The van der Waals surface area contributed by atoms with Crippen molar-refractivity contribution in [1.82, 2.24) is 9.80 Å². The Bertz CT molecular complexity index is 1030. The molecule has 6 nitrogen and oxygen atoms in total. The number of nitrogens with zero attached hydrogens (tertiary/aromatic N) is 3. The monoisotopic (exact) mass is 482 g/mol. The Morgan fingerprint density at radius 3 is 2.58 bits per heavy atom. The van der Waals surface area contributed by atoms with Crippen LogP contribution in [-0.4, -0.2) is 62.7 Å². The number of anilines is 1. The van der Waals surface area contributed by atoms with Gasteiger partial charge in [0.05, 0.1) is 12.2 Å². The highest BCUT2D eigenvalue weighted by molar-refractivity contribution is 8.16. The molecule has 2 aliphatic rings. The van der Waals surface area contributed by atoms with Crippen molar-refractivity contribution in [3.8, 4) is 0 Å². The molecule has 0 aromatic heterocycles. The lowest BCUT2D eigenvalue weighted by molar-refractivity contribution is -0.127. The van der Waals surface area contributed by atoms with Crippen molar-refractivity contribution in [2.24, 2.45) is 4.99 Å². The minimum absolute atomic E-state index is 0.109. The lowest BCUT2D eigenvalue weighted by Crippen LogP contribution is -2.42. The van der Waals surface area contributed by atoms with Crippen LogP contribution >= 0.6 is 23.5 Å². The largest absolute Gasteiger partial charge is 0.326 e. The molecule has 2 aromatic rings. The van der Waals surface area contributed by atoms with E-state index in [9.17, 15) is 9.59 Å². The summed E-state index contributed by atoms with van der Waals surface area (Å²) in [6, 6.07) is 17.5. The Kier molecular flexibility index (Phi) is 7.46. The molecule has 2 fully saturated rings. The zero-order valence-electron chi connectivity index (χ0n) is 19.3. The SMILES string of the molecule is CC(=O)Nc1ccc(N=C2SC(C3(C)CCN(C)CCS3)C(=O)N2Cc2ccccc2)cc1. The van der Waals surface area contributed by atoms with Gasteiger partial charge in [-0.15, -0.1) is 0 Å². The molecule has 8 heteroatoms. The van der Waals surface area contributed by atoms with E-state index in [4.69, 9.17) is 4.99 Å². The number of rotatable bonds is 5. The van der Waals surface area contributed by atoms with E-state index in [0.717, 1.165) is 47.4 Å². The van der Waals surface area contributed by atoms with Crippen molar-refractivity contribution < 1.29 is 9.59 Å². The number of benzene rings is 2. The number of aliphatic imine (C=N–C) groups is 1. The Labute approximate surface area is 204 Å². The molecule has 0 aliphatic carbocycles. The summed E-state index contributed by atoms with van der Waals surface area (Å²) in [7, 11) is 2.15. The number of nitrogens with one attached hydrogen (secondary N) is 1. The molecule has 2 atom stereocenters. The van der Waals surface area contributed by atoms with Crippen molar-refractivity contribution in [3.63, 3.8) is 0 Å². The Morgan fingerprint density at radius 1 is 1.15 bits per heavy atom. The first-order valence-corrected chi connectivity index (χ1v) is 13.0. The fourth-order valence-electron chi connectivity index (χ4n) is 4.01. The highest BCUT2D eigenvalue weighted by Gasteiger charge is 2.49. The predicted octanol–water partition coefficient (Wildman–Crippen LogP) is 4.60. The van der Waals surface area contributed by atoms with Gasteiger partial charge >= 0.3 is 0 Å². The van der Waals surface area contributed by atoms with E-state index < -0.39 is 0 Å². The van der Waals surface area contributed by atoms with Gasteiger partial charge in [-0.2, -0.15) is 11.8 Å². The number of carbonyl (C=O) groups excluding carboxylic acids is 2. The molecule has 4 rings (SSSR count). The number of hydrogen-bond acceptors (Lipinski definition) is 6. The van der Waals surface area contributed by atoms with Gasteiger partial charge in [-0.3, -0.25) is 14.5 Å². The first-order chi connectivity index (χ1) is 15.8. The molecular formula is C25H30N4O2S2. The summed E-state index contributed by atoms with van der Waals surface area (Å²) >= 11 is 3.50. The first kappa shape index (κ1) is 23.9. The van der Waals surface area contributed by atoms with Gasteiger partial charge in [-0.05, 0) is 56.8 Å². The van der Waals surface area contributed by atoms with Crippen molar-refractivity contribution in [3.05, 3.63) is 60.2 Å². The summed E-state index contributed by atoms with van der Waals surface area (Å²) in [5.41, 5.74) is 2.57. The summed E-state index contributed by atoms with van der Waals surface area (Å²) in [6.07, 6.45) is 0.968. The molecule has 1 N–H and O–H groups in total. The van der Waals surface area contributed by atoms with Crippen LogP contribution in [0.4, 0.5) is 11.4 Å². The molecular weight excluding hydrogens is 452 g/mol. The Hall–Kier alpha value is -2.29. The van der Waals surface area contributed by atoms with Crippen molar-refractivity contribution in [1.29, 1.82) is 0 Å². The van der Waals surface area contributed by atoms with Crippen LogP contribution in [0, 0.1) is 0 Å². The third kappa shape index (κ3) is 5.80. The fraction of sp³-hybridized carbons (Fsp3) is 0.400. The maximum absolute atomic E-state index is 13.7. The van der Waals surface area contributed by atoms with Crippen LogP contribution in [0.15, 0.2) is 59.6 Å². The predicted molar refractivity (Wildman–Crippen MR) is 139 cm³/mol. The summed E-state index contributed by atoms with van der Waals surface area (Å²) < 4.78 is -0.145. The normalized spacial score (nSPS) is 25.3. The molecule has 0 spiro atoms. The molecule has 2 aliphatic heterocycles. The number of hydrogen-bond donors (Lipinski definition) is 1. The maximum Gasteiger partial charge on any atom is 0.243 e. The quantitative estimate of drug-likeness (QED) is 0.675. The van der Waals surface area contributed by atoms with E-state index in [2.05, 4.69) is 24.2 Å². The van der Waals surface area contributed by atoms with Crippen LogP contribution in [-0.2, 0) is 16.1 Å². The second-order valence-electron chi connectivity index (χ2n) is 8.74. The summed E-state index contributed by atoms with van der Waals surface area (Å²) in [4.78, 5) is 34.1. The molecule has 0 bridgehead atoms. The van der Waals surface area contributed by atoms with Gasteiger partial charge < -0.3 is 10.2 Å². The zero-order chi connectivity index (χ0) is 23.4. The lowest BCUT2D eigenvalue weighted by Gasteiger charge is -2.31. The standard InChI is InChI=1S/C25H30N4O2S2/c1-18(30)26-20-9-11-21(12-10-20)27-24-29(17-19-7-5-4-6-8-19)23(31)22(33-24)25(2)13-14-28(3)15-16-32-25/h4-12,22H,13-17H2,1-3H3,(H,26,30). The zero-order valence-corrected chi connectivity index (χ0v) is 20.9. The van der Waals surface area contributed by atoms with E-state index in [-0.39, 0.29) is 21.8 Å². The van der Waals surface area contributed by atoms with Gasteiger partial charge in [-0.25, -0.2) is 4.99 Å². The maximum atomic E-state index is 13.7. The third-order valence-electron chi connectivity index (χ3n) is 5.99. The van der Waals surface area contributed by atoms with Crippen LogP contribution in [0.2, 0.25) is 0 Å². The van der Waals surface area contributed by atoms with Gasteiger partial charge in [0.15, 0.2) is 5.17 Å². The van der Waals surface area contributed by atoms with Crippen molar-refractivity contribution >= 4 is 51.9 Å². The molecule has 0 saturated carbocycles. The third-order valence-corrected chi connectivity index (χ3v) is 9.11. The summed E-state index contributed by atoms with van der Waals surface area (Å²) in [5, 5.41) is 3.34. The van der Waals surface area contributed by atoms with Gasteiger partial charge in [0.2, 0.25) is 11.8 Å². The van der Waals surface area contributed by atoms with Crippen molar-refractivity contribution in [2.45, 2.75) is 36.8 Å². The number of amidine groups is 1. The minimum atomic E-state index is -0.171. The van der Waals surface area contributed by atoms with Crippen molar-refractivity contribution in [2.75, 3.05) is 31.2 Å². The molecule has 0 radical (unpaired) electrons. The number of amides is 2. The topological polar surface area (TPSA) is 65.0 Å². The first-order valence-electron chi connectivity index (χ1n) is 11.1. The van der Waals surface area contributed by atoms with Crippen LogP contribution in [0.1, 0.15) is 25.8 Å². The van der Waals surface area contributed by atoms with Gasteiger partial charge in [0, 0.05) is 29.7 Å². The van der Waals surface area contributed by atoms with E-state index in [1.807, 2.05) is 71.3 Å². The van der Waals surface area contributed by atoms with Crippen LogP contribution < -0.4 is 5.32 Å². The average Bonchev–Trinajstić information content (AvgIpc) is 2.98. The highest BCUT2D eigenvalue weighted by Crippen LogP contribution is 2.45. The number of thioether (sulfide) groups is 2. The van der Waals surface area contributed by atoms with Gasteiger partial charge in [-0.1, -0.05) is 42.1 Å². The molecule has 2 heterocycles. The Morgan fingerprint density at radius 2 is 1.88 bits per heavy atom. The van der Waals surface area contributed by atoms with E-state index >= 15 is 0 Å². The summed E-state index contributed by atoms with van der Waals surface area (Å²) in [6.45, 7) is 6.26. The highest BCUT2D eigenvalue weighted by atomic mass is 32.2. The molecule has 174 valence electrons. The smallest absolute Gasteiger partial charge is 0.243 e. The van der Waals surface area contributed by atoms with Crippen LogP contribution in [0.5, 0.6) is 0 Å². The number of carbonyl (C=O) groups is 2. The second-order valence-corrected chi connectivity index (χ2v) is 11.4. The Balaban J connectivity index is 1.63. The second kappa shape index (κ2) is 10.3. The van der Waals surface area contributed by atoms with E-state index in [1.165, 1.54) is 6.92 Å². The van der Waals surface area contributed by atoms with Crippen LogP contribution in [0.3, 0.4) is 0 Å². The summed E-state index contributed by atoms with van der Waals surface area (Å²) in [5.74, 6) is 1.05. The fourth-order valence-corrected chi connectivity index (χ4v) is 6.96.